The average Bonchev–Trinajstić information content (AvgIpc) is 3.12. The van der Waals surface area contributed by atoms with E-state index >= 15 is 0 Å². The summed E-state index contributed by atoms with van der Waals surface area (Å²) in [5, 5.41) is 13.9. The summed E-state index contributed by atoms with van der Waals surface area (Å²) < 4.78 is 28.0. The van der Waals surface area contributed by atoms with E-state index in [1.165, 1.54) is 6.07 Å². The van der Waals surface area contributed by atoms with E-state index in [0.717, 1.165) is 29.5 Å². The maximum absolute atomic E-state index is 13.3. The fraction of sp³-hybridized carbons (Fsp3) is 0.238. The van der Waals surface area contributed by atoms with Gasteiger partial charge in [-0.2, -0.15) is 0 Å². The third kappa shape index (κ3) is 6.11. The minimum absolute atomic E-state index is 0.00725. The third-order valence-electron chi connectivity index (χ3n) is 4.30. The van der Waals surface area contributed by atoms with Gasteiger partial charge in [0.25, 0.3) is 0 Å². The number of halogens is 2. The predicted molar refractivity (Wildman–Crippen MR) is 115 cm³/mol. The molecular weight excluding hydrogens is 424 g/mol. The number of thioether (sulfide) groups is 1. The number of aromatic nitrogens is 3. The van der Waals surface area contributed by atoms with Gasteiger partial charge in [-0.1, -0.05) is 29.5 Å². The first-order valence-electron chi connectivity index (χ1n) is 9.52. The fourth-order valence-corrected chi connectivity index (χ4v) is 3.58. The molecule has 2 N–H and O–H groups in total. The lowest BCUT2D eigenvalue weighted by atomic mass is 10.2. The lowest BCUT2D eigenvalue weighted by Gasteiger charge is -2.09. The molecule has 0 radical (unpaired) electrons. The largest absolute Gasteiger partial charge is 0.326 e. The minimum atomic E-state index is -1.04. The summed E-state index contributed by atoms with van der Waals surface area (Å²) in [6.07, 6.45) is 0.0380. The molecule has 0 bridgehead atoms. The summed E-state index contributed by atoms with van der Waals surface area (Å²) in [5.41, 5.74) is 1.95. The minimum Gasteiger partial charge on any atom is -0.326 e. The van der Waals surface area contributed by atoms with Crippen LogP contribution >= 0.6 is 11.8 Å². The Morgan fingerprint density at radius 3 is 2.32 bits per heavy atom. The number of hydrogen-bond acceptors (Lipinski definition) is 5. The quantitative estimate of drug-likeness (QED) is 0.515. The number of amides is 2. The van der Waals surface area contributed by atoms with Crippen molar-refractivity contribution in [2.45, 2.75) is 32.0 Å². The standard InChI is InChI=1S/C21H21F2N5O2S/c1-3-28-18(11-19(29)24-14-6-4-13(2)5-7-14)26-27-21(28)31-12-20(30)25-15-8-9-16(22)17(23)10-15/h4-10H,3,11-12H2,1-2H3,(H,24,29)(H,25,30). The van der Waals surface area contributed by atoms with Crippen LogP contribution in [0.3, 0.4) is 0 Å². The molecule has 1 aromatic heterocycles. The van der Waals surface area contributed by atoms with Crippen molar-refractivity contribution in [3.05, 3.63) is 65.5 Å². The number of carbonyl (C=O) groups excluding carboxylic acids is 2. The van der Waals surface area contributed by atoms with Gasteiger partial charge in [0, 0.05) is 24.0 Å². The highest BCUT2D eigenvalue weighted by atomic mass is 32.2. The molecule has 162 valence electrons. The van der Waals surface area contributed by atoms with Gasteiger partial charge < -0.3 is 15.2 Å². The molecule has 0 aliphatic rings. The average molecular weight is 445 g/mol. The molecule has 31 heavy (non-hydrogen) atoms. The van der Waals surface area contributed by atoms with Gasteiger partial charge in [-0.05, 0) is 38.1 Å². The number of nitrogens with zero attached hydrogens (tertiary/aromatic N) is 3. The van der Waals surface area contributed by atoms with Crippen molar-refractivity contribution in [1.29, 1.82) is 0 Å². The molecular formula is C21H21F2N5O2S. The first kappa shape index (κ1) is 22.4. The smallest absolute Gasteiger partial charge is 0.234 e. The Bertz CT molecular complexity index is 1090. The molecule has 0 saturated heterocycles. The van der Waals surface area contributed by atoms with Crippen molar-refractivity contribution in [3.8, 4) is 0 Å². The molecule has 0 fully saturated rings. The van der Waals surface area contributed by atoms with E-state index in [0.29, 0.717) is 23.2 Å². The number of carbonyl (C=O) groups is 2. The zero-order valence-corrected chi connectivity index (χ0v) is 17.8. The van der Waals surface area contributed by atoms with Gasteiger partial charge in [0.05, 0.1) is 12.2 Å². The number of hydrogen-bond donors (Lipinski definition) is 2. The van der Waals surface area contributed by atoms with Gasteiger partial charge in [-0.15, -0.1) is 10.2 Å². The molecule has 7 nitrogen and oxygen atoms in total. The van der Waals surface area contributed by atoms with Crippen LogP contribution in [-0.4, -0.2) is 32.3 Å². The van der Waals surface area contributed by atoms with Crippen LogP contribution in [0.4, 0.5) is 20.2 Å². The molecule has 0 spiro atoms. The van der Waals surface area contributed by atoms with Crippen LogP contribution < -0.4 is 10.6 Å². The predicted octanol–water partition coefficient (Wildman–Crippen LogP) is 3.80. The first-order valence-corrected chi connectivity index (χ1v) is 10.5. The van der Waals surface area contributed by atoms with Crippen LogP contribution in [0.1, 0.15) is 18.3 Å². The second-order valence-electron chi connectivity index (χ2n) is 6.70. The molecule has 1 heterocycles. The summed E-state index contributed by atoms with van der Waals surface area (Å²) in [5.74, 6) is -2.17. The van der Waals surface area contributed by atoms with E-state index in [4.69, 9.17) is 0 Å². The van der Waals surface area contributed by atoms with Gasteiger partial charge in [0.15, 0.2) is 16.8 Å². The summed E-state index contributed by atoms with van der Waals surface area (Å²) in [7, 11) is 0. The van der Waals surface area contributed by atoms with Crippen molar-refractivity contribution >= 4 is 35.0 Å². The van der Waals surface area contributed by atoms with E-state index in [2.05, 4.69) is 20.8 Å². The van der Waals surface area contributed by atoms with Gasteiger partial charge in [0.1, 0.15) is 5.82 Å². The molecule has 2 amide bonds. The van der Waals surface area contributed by atoms with Gasteiger partial charge in [0.2, 0.25) is 11.8 Å². The number of benzene rings is 2. The summed E-state index contributed by atoms with van der Waals surface area (Å²) in [4.78, 5) is 24.5. The van der Waals surface area contributed by atoms with Crippen LogP contribution in [0, 0.1) is 18.6 Å². The van der Waals surface area contributed by atoms with Crippen molar-refractivity contribution in [1.82, 2.24) is 14.8 Å². The van der Waals surface area contributed by atoms with Crippen LogP contribution in [0.25, 0.3) is 0 Å². The molecule has 0 unspecified atom stereocenters. The van der Waals surface area contributed by atoms with Crippen molar-refractivity contribution in [2.75, 3.05) is 16.4 Å². The Morgan fingerprint density at radius 1 is 0.968 bits per heavy atom. The second-order valence-corrected chi connectivity index (χ2v) is 7.64. The van der Waals surface area contributed by atoms with E-state index in [9.17, 15) is 18.4 Å². The van der Waals surface area contributed by atoms with Crippen LogP contribution in [0.15, 0.2) is 47.6 Å². The molecule has 0 aliphatic carbocycles. The van der Waals surface area contributed by atoms with Gasteiger partial charge in [-0.25, -0.2) is 8.78 Å². The van der Waals surface area contributed by atoms with Crippen molar-refractivity contribution < 1.29 is 18.4 Å². The summed E-state index contributed by atoms with van der Waals surface area (Å²) in [6, 6.07) is 10.6. The van der Waals surface area contributed by atoms with E-state index in [-0.39, 0.29) is 23.8 Å². The highest BCUT2D eigenvalue weighted by molar-refractivity contribution is 7.99. The topological polar surface area (TPSA) is 88.9 Å². The van der Waals surface area contributed by atoms with E-state index in [1.807, 2.05) is 38.1 Å². The molecule has 10 heteroatoms. The SMILES string of the molecule is CCn1c(CC(=O)Nc2ccc(C)cc2)nnc1SCC(=O)Nc1ccc(F)c(F)c1. The number of aryl methyl sites for hydroxylation is 1. The Morgan fingerprint density at radius 2 is 1.65 bits per heavy atom. The van der Waals surface area contributed by atoms with Gasteiger partial charge in [-0.3, -0.25) is 9.59 Å². The highest BCUT2D eigenvalue weighted by Gasteiger charge is 2.16. The van der Waals surface area contributed by atoms with Crippen molar-refractivity contribution in [3.63, 3.8) is 0 Å². The summed E-state index contributed by atoms with van der Waals surface area (Å²) in [6.45, 7) is 4.37. The normalized spacial score (nSPS) is 10.7. The first-order chi connectivity index (χ1) is 14.9. The fourth-order valence-electron chi connectivity index (χ4n) is 2.76. The molecule has 3 rings (SSSR count). The molecule has 3 aromatic rings. The van der Waals surface area contributed by atoms with Crippen LogP contribution in [0.5, 0.6) is 0 Å². The Labute approximate surface area is 182 Å². The monoisotopic (exact) mass is 445 g/mol. The lowest BCUT2D eigenvalue weighted by molar-refractivity contribution is -0.116. The highest BCUT2D eigenvalue weighted by Crippen LogP contribution is 2.19. The maximum atomic E-state index is 13.3. The Kier molecular flexibility index (Phi) is 7.35. The maximum Gasteiger partial charge on any atom is 0.234 e. The third-order valence-corrected chi connectivity index (χ3v) is 5.27. The molecule has 0 aliphatic heterocycles. The Balaban J connectivity index is 1.57. The number of rotatable bonds is 8. The second kappa shape index (κ2) is 10.2. The number of anilines is 2. The Hall–Kier alpha value is -3.27. The molecule has 0 saturated carbocycles. The molecule has 0 atom stereocenters. The number of nitrogens with one attached hydrogen (secondary N) is 2. The van der Waals surface area contributed by atoms with Crippen LogP contribution in [0.2, 0.25) is 0 Å². The molecule has 2 aromatic carbocycles. The van der Waals surface area contributed by atoms with Crippen LogP contribution in [-0.2, 0) is 22.6 Å². The van der Waals surface area contributed by atoms with Gasteiger partial charge >= 0.3 is 0 Å². The lowest BCUT2D eigenvalue weighted by Crippen LogP contribution is -2.18. The summed E-state index contributed by atoms with van der Waals surface area (Å²) >= 11 is 1.14. The van der Waals surface area contributed by atoms with E-state index < -0.39 is 17.5 Å². The zero-order valence-electron chi connectivity index (χ0n) is 17.0. The van der Waals surface area contributed by atoms with Crippen molar-refractivity contribution in [2.24, 2.45) is 0 Å². The zero-order chi connectivity index (χ0) is 22.4. The van der Waals surface area contributed by atoms with E-state index in [1.54, 1.807) is 4.57 Å².